The van der Waals surface area contributed by atoms with Crippen LogP contribution < -0.4 is 4.90 Å². The van der Waals surface area contributed by atoms with Gasteiger partial charge in [0.05, 0.1) is 45.5 Å². The van der Waals surface area contributed by atoms with Crippen molar-refractivity contribution in [2.24, 2.45) is 17.3 Å². The summed E-state index contributed by atoms with van der Waals surface area (Å²) in [5.41, 5.74) is 2.89. The van der Waals surface area contributed by atoms with Crippen LogP contribution in [0.1, 0.15) is 57.1 Å². The highest BCUT2D eigenvalue weighted by molar-refractivity contribution is 7.91. The first-order chi connectivity index (χ1) is 19.7. The maximum absolute atomic E-state index is 13.7. The van der Waals surface area contributed by atoms with E-state index in [2.05, 4.69) is 16.0 Å². The van der Waals surface area contributed by atoms with Crippen LogP contribution in [0, 0.1) is 34.4 Å². The summed E-state index contributed by atoms with van der Waals surface area (Å²) in [6, 6.07) is 13.5. The molecular weight excluding hydrogens is 559 g/mol. The molecule has 1 aromatic carbocycles. The normalized spacial score (nSPS) is 27.2. The Bertz CT molecular complexity index is 1580. The van der Waals surface area contributed by atoms with Crippen molar-refractivity contribution in [1.29, 1.82) is 5.26 Å². The second-order valence-electron chi connectivity index (χ2n) is 11.8. The van der Waals surface area contributed by atoms with Crippen LogP contribution in [0.2, 0.25) is 0 Å². The van der Waals surface area contributed by atoms with E-state index in [1.54, 1.807) is 6.07 Å². The van der Waals surface area contributed by atoms with E-state index in [4.69, 9.17) is 4.98 Å². The molecule has 2 aromatic heterocycles. The zero-order chi connectivity index (χ0) is 28.8. The molecule has 1 saturated heterocycles. The predicted molar refractivity (Wildman–Crippen MR) is 158 cm³/mol. The SMILES string of the molecule is CC1CC1(C#N)CC(=O)[C@@H]1CCCC[C@H]1c1nc(-c2ccc(F)cn2)sc1-c1ccc(N2CCS(=O)(=O)CC2)cc1. The van der Waals surface area contributed by atoms with Crippen LogP contribution in [0.25, 0.3) is 21.1 Å². The lowest BCUT2D eigenvalue weighted by Gasteiger charge is -2.31. The third kappa shape index (κ3) is 5.67. The van der Waals surface area contributed by atoms with E-state index in [0.717, 1.165) is 53.9 Å². The van der Waals surface area contributed by atoms with E-state index in [0.29, 0.717) is 30.2 Å². The van der Waals surface area contributed by atoms with Gasteiger partial charge in [-0.05, 0) is 55.0 Å². The lowest BCUT2D eigenvalue weighted by atomic mass is 9.73. The number of aromatic nitrogens is 2. The molecule has 3 aliphatic rings. The minimum Gasteiger partial charge on any atom is -0.369 e. The number of nitriles is 1. The lowest BCUT2D eigenvalue weighted by molar-refractivity contribution is -0.125. The molecule has 0 spiro atoms. The predicted octanol–water partition coefficient (Wildman–Crippen LogP) is 6.03. The van der Waals surface area contributed by atoms with Gasteiger partial charge in [0.25, 0.3) is 0 Å². The summed E-state index contributed by atoms with van der Waals surface area (Å²) in [5.74, 6) is 0.0692. The quantitative estimate of drug-likeness (QED) is 0.330. The van der Waals surface area contributed by atoms with Gasteiger partial charge in [-0.3, -0.25) is 9.78 Å². The van der Waals surface area contributed by atoms with Gasteiger partial charge in [0.1, 0.15) is 16.6 Å². The van der Waals surface area contributed by atoms with Gasteiger partial charge in [0, 0.05) is 37.0 Å². The first-order valence-corrected chi connectivity index (χ1v) is 16.9. The summed E-state index contributed by atoms with van der Waals surface area (Å²) >= 11 is 1.50. The van der Waals surface area contributed by atoms with Crippen molar-refractivity contribution in [1.82, 2.24) is 9.97 Å². The number of carbonyl (C=O) groups is 1. The Kier molecular flexibility index (Phi) is 7.45. The standard InChI is InChI=1S/C31H33FN4O3S2/c1-20-16-31(20,19-33)17-27(37)24-4-2-3-5-25(24)28-29(40-30(35-28)26-11-8-22(32)18-34-26)21-6-9-23(10-7-21)36-12-14-41(38,39)15-13-36/h6-11,18,20,24-25H,2-5,12-17H2,1H3/t20?,24-,25-,31?/m1/s1. The fourth-order valence-electron chi connectivity index (χ4n) is 6.41. The van der Waals surface area contributed by atoms with E-state index < -0.39 is 21.1 Å². The van der Waals surface area contributed by atoms with Crippen molar-refractivity contribution in [2.45, 2.75) is 51.4 Å². The molecule has 2 unspecified atom stereocenters. The Labute approximate surface area is 244 Å². The first-order valence-electron chi connectivity index (χ1n) is 14.3. The molecule has 41 heavy (non-hydrogen) atoms. The van der Waals surface area contributed by atoms with Crippen LogP contribution in [0.5, 0.6) is 0 Å². The summed E-state index contributed by atoms with van der Waals surface area (Å²) < 4.78 is 37.4. The highest BCUT2D eigenvalue weighted by atomic mass is 32.2. The Morgan fingerprint density at radius 1 is 1.15 bits per heavy atom. The van der Waals surface area contributed by atoms with Crippen molar-refractivity contribution < 1.29 is 17.6 Å². The maximum atomic E-state index is 13.7. The van der Waals surface area contributed by atoms with Crippen LogP contribution >= 0.6 is 11.3 Å². The number of thiazole rings is 1. The van der Waals surface area contributed by atoms with Gasteiger partial charge in [0.2, 0.25) is 0 Å². The number of hydrogen-bond acceptors (Lipinski definition) is 8. The summed E-state index contributed by atoms with van der Waals surface area (Å²) in [7, 11) is -2.97. The van der Waals surface area contributed by atoms with Crippen molar-refractivity contribution in [3.05, 3.63) is 54.1 Å². The molecular formula is C31H33FN4O3S2. The van der Waals surface area contributed by atoms with Gasteiger partial charge in [-0.15, -0.1) is 11.3 Å². The molecule has 6 rings (SSSR count). The average Bonchev–Trinajstić information content (AvgIpc) is 3.40. The fourth-order valence-corrected chi connectivity index (χ4v) is 8.73. The van der Waals surface area contributed by atoms with Crippen molar-refractivity contribution in [3.63, 3.8) is 0 Å². The first kappa shape index (κ1) is 28.0. The largest absolute Gasteiger partial charge is 0.369 e. The number of halogens is 1. The summed E-state index contributed by atoms with van der Waals surface area (Å²) in [5, 5.41) is 10.4. The van der Waals surface area contributed by atoms with E-state index in [1.165, 1.54) is 23.6 Å². The minimum absolute atomic E-state index is 0.0616. The Hall–Kier alpha value is -3.16. The maximum Gasteiger partial charge on any atom is 0.153 e. The number of Topliss-reactive ketones (excluding diaryl/α,β-unsaturated/α-hetero) is 1. The molecule has 3 aromatic rings. The molecule has 1 aliphatic heterocycles. The molecule has 7 nitrogen and oxygen atoms in total. The molecule has 2 aliphatic carbocycles. The summed E-state index contributed by atoms with van der Waals surface area (Å²) in [6.45, 7) is 2.99. The monoisotopic (exact) mass is 592 g/mol. The van der Waals surface area contributed by atoms with Crippen LogP contribution in [-0.2, 0) is 14.6 Å². The molecule has 0 N–H and O–H groups in total. The lowest BCUT2D eigenvalue weighted by Crippen LogP contribution is -2.40. The molecule has 2 saturated carbocycles. The zero-order valence-electron chi connectivity index (χ0n) is 23.1. The zero-order valence-corrected chi connectivity index (χ0v) is 24.7. The topological polar surface area (TPSA) is 104 Å². The number of nitrogens with zero attached hydrogens (tertiary/aromatic N) is 4. The Balaban J connectivity index is 1.34. The Morgan fingerprint density at radius 2 is 1.85 bits per heavy atom. The van der Waals surface area contributed by atoms with Crippen molar-refractivity contribution in [3.8, 4) is 27.2 Å². The number of hydrogen-bond donors (Lipinski definition) is 0. The third-order valence-corrected chi connectivity index (χ3v) is 11.9. The second kappa shape index (κ2) is 10.9. The summed E-state index contributed by atoms with van der Waals surface area (Å²) in [6.07, 6.45) is 5.90. The van der Waals surface area contributed by atoms with Gasteiger partial charge in [0.15, 0.2) is 9.84 Å². The number of pyridine rings is 1. The number of carbonyl (C=O) groups excluding carboxylic acids is 1. The summed E-state index contributed by atoms with van der Waals surface area (Å²) in [4.78, 5) is 26.1. The molecule has 0 amide bonds. The van der Waals surface area contributed by atoms with Gasteiger partial charge in [-0.25, -0.2) is 17.8 Å². The minimum atomic E-state index is -2.97. The molecule has 3 heterocycles. The molecule has 10 heteroatoms. The number of ketones is 1. The molecule has 214 valence electrons. The Morgan fingerprint density at radius 3 is 2.49 bits per heavy atom. The van der Waals surface area contributed by atoms with E-state index in [9.17, 15) is 22.9 Å². The van der Waals surface area contributed by atoms with Crippen LogP contribution in [0.3, 0.4) is 0 Å². The number of sulfone groups is 1. The highest BCUT2D eigenvalue weighted by Crippen LogP contribution is 2.56. The molecule has 4 atom stereocenters. The number of anilines is 1. The molecule has 0 bridgehead atoms. The molecule has 3 fully saturated rings. The third-order valence-electron chi connectivity index (χ3n) is 9.14. The van der Waals surface area contributed by atoms with Crippen LogP contribution in [-0.4, -0.2) is 48.8 Å². The van der Waals surface area contributed by atoms with Crippen LogP contribution in [0.4, 0.5) is 10.1 Å². The molecule has 0 radical (unpaired) electrons. The van der Waals surface area contributed by atoms with E-state index in [1.807, 2.05) is 31.2 Å². The van der Waals surface area contributed by atoms with Gasteiger partial charge < -0.3 is 4.90 Å². The smallest absolute Gasteiger partial charge is 0.153 e. The van der Waals surface area contributed by atoms with Crippen LogP contribution in [0.15, 0.2) is 42.6 Å². The number of benzene rings is 1. The second-order valence-corrected chi connectivity index (χ2v) is 15.1. The van der Waals surface area contributed by atoms with Gasteiger partial charge in [-0.1, -0.05) is 31.9 Å². The van der Waals surface area contributed by atoms with E-state index in [-0.39, 0.29) is 35.0 Å². The number of rotatable bonds is 7. The van der Waals surface area contributed by atoms with Gasteiger partial charge in [-0.2, -0.15) is 5.26 Å². The fraction of sp³-hybridized carbons (Fsp3) is 0.484. The van der Waals surface area contributed by atoms with Gasteiger partial charge >= 0.3 is 0 Å². The van der Waals surface area contributed by atoms with Crippen molar-refractivity contribution in [2.75, 3.05) is 29.5 Å². The highest BCUT2D eigenvalue weighted by Gasteiger charge is 2.54. The average molecular weight is 593 g/mol. The van der Waals surface area contributed by atoms with Crippen molar-refractivity contribution >= 4 is 32.6 Å². The van der Waals surface area contributed by atoms with E-state index >= 15 is 0 Å².